The van der Waals surface area contributed by atoms with E-state index >= 15 is 0 Å². The number of rotatable bonds is 6. The molecule has 2 nitrogen and oxygen atoms in total. The highest BCUT2D eigenvalue weighted by molar-refractivity contribution is 7.07. The van der Waals surface area contributed by atoms with Gasteiger partial charge in [-0.15, -0.1) is 0 Å². The van der Waals surface area contributed by atoms with E-state index in [9.17, 15) is 4.79 Å². The van der Waals surface area contributed by atoms with Crippen molar-refractivity contribution in [2.75, 3.05) is 6.61 Å². The van der Waals surface area contributed by atoms with Crippen LogP contribution in [0.3, 0.4) is 0 Å². The van der Waals surface area contributed by atoms with Crippen molar-refractivity contribution in [3.05, 3.63) is 22.4 Å². The smallest absolute Gasteiger partial charge is 0.161 e. The molecule has 1 aromatic rings. The summed E-state index contributed by atoms with van der Waals surface area (Å²) in [5.41, 5.74) is 1.24. The number of ketones is 1. The molecule has 0 saturated carbocycles. The summed E-state index contributed by atoms with van der Waals surface area (Å²) in [6.07, 6.45) is 1.16. The molecule has 1 rings (SSSR count). The molecule has 1 unspecified atom stereocenters. The van der Waals surface area contributed by atoms with Crippen molar-refractivity contribution < 1.29 is 9.53 Å². The second-order valence-electron chi connectivity index (χ2n) is 3.20. The molecule has 0 radical (unpaired) electrons. The van der Waals surface area contributed by atoms with E-state index in [4.69, 9.17) is 4.74 Å². The van der Waals surface area contributed by atoms with Gasteiger partial charge >= 0.3 is 0 Å². The number of thiophene rings is 1. The van der Waals surface area contributed by atoms with Gasteiger partial charge in [0, 0.05) is 13.0 Å². The summed E-state index contributed by atoms with van der Waals surface area (Å²) >= 11 is 1.67. The summed E-state index contributed by atoms with van der Waals surface area (Å²) in [5, 5.41) is 4.12. The zero-order valence-corrected chi connectivity index (χ0v) is 9.47. The summed E-state index contributed by atoms with van der Waals surface area (Å²) in [6, 6.07) is 2.06. The number of ether oxygens (including phenoxy) is 1. The van der Waals surface area contributed by atoms with Crippen LogP contribution in [0.2, 0.25) is 0 Å². The lowest BCUT2D eigenvalue weighted by Crippen LogP contribution is -2.20. The first-order chi connectivity index (χ1) is 6.74. The molecule has 1 atom stereocenters. The number of carbonyl (C=O) groups excluding carboxylic acids is 1. The maximum atomic E-state index is 11.5. The fourth-order valence-electron chi connectivity index (χ4n) is 1.25. The van der Waals surface area contributed by atoms with Crippen LogP contribution in [0.15, 0.2) is 16.8 Å². The van der Waals surface area contributed by atoms with Gasteiger partial charge in [-0.2, -0.15) is 11.3 Å². The average Bonchev–Trinajstić information content (AvgIpc) is 2.67. The third-order valence-electron chi connectivity index (χ3n) is 2.11. The quantitative estimate of drug-likeness (QED) is 0.724. The number of Topliss-reactive ketones (excluding diaryl/α,β-unsaturated/α-hetero) is 1. The molecule has 3 heteroatoms. The van der Waals surface area contributed by atoms with Crippen molar-refractivity contribution in [1.82, 2.24) is 0 Å². The van der Waals surface area contributed by atoms with Crippen molar-refractivity contribution in [2.45, 2.75) is 32.8 Å². The van der Waals surface area contributed by atoms with Crippen LogP contribution in [0.1, 0.15) is 25.8 Å². The Labute approximate surface area is 88.9 Å². The van der Waals surface area contributed by atoms with Crippen molar-refractivity contribution in [3.63, 3.8) is 0 Å². The molecular formula is C11H16O2S. The fourth-order valence-corrected chi connectivity index (χ4v) is 1.95. The topological polar surface area (TPSA) is 26.3 Å². The van der Waals surface area contributed by atoms with Crippen molar-refractivity contribution >= 4 is 17.1 Å². The van der Waals surface area contributed by atoms with Crippen LogP contribution in [0, 0.1) is 0 Å². The van der Waals surface area contributed by atoms with Gasteiger partial charge in [0.2, 0.25) is 0 Å². The number of hydrogen-bond acceptors (Lipinski definition) is 3. The van der Waals surface area contributed by atoms with Crippen LogP contribution >= 0.6 is 11.3 Å². The van der Waals surface area contributed by atoms with E-state index in [0.717, 1.165) is 6.42 Å². The lowest BCUT2D eigenvalue weighted by atomic mass is 10.1. The van der Waals surface area contributed by atoms with Gasteiger partial charge in [0.1, 0.15) is 6.10 Å². The highest BCUT2D eigenvalue weighted by Crippen LogP contribution is 2.09. The van der Waals surface area contributed by atoms with Gasteiger partial charge in [-0.25, -0.2) is 0 Å². The van der Waals surface area contributed by atoms with Crippen molar-refractivity contribution in [2.24, 2.45) is 0 Å². The van der Waals surface area contributed by atoms with Gasteiger partial charge in [-0.05, 0) is 42.7 Å². The molecular weight excluding hydrogens is 196 g/mol. The van der Waals surface area contributed by atoms with Gasteiger partial charge in [0.15, 0.2) is 5.78 Å². The minimum Gasteiger partial charge on any atom is -0.371 e. The maximum absolute atomic E-state index is 11.5. The molecule has 0 fully saturated rings. The molecule has 0 saturated heterocycles. The summed E-state index contributed by atoms with van der Waals surface area (Å²) in [6.45, 7) is 4.33. The van der Waals surface area contributed by atoms with E-state index in [-0.39, 0.29) is 11.9 Å². The molecule has 0 amide bonds. The molecule has 0 bridgehead atoms. The second kappa shape index (κ2) is 5.94. The Morgan fingerprint density at radius 2 is 2.43 bits per heavy atom. The molecule has 0 spiro atoms. The zero-order chi connectivity index (χ0) is 10.4. The molecule has 0 aliphatic rings. The average molecular weight is 212 g/mol. The number of hydrogen-bond donors (Lipinski definition) is 0. The van der Waals surface area contributed by atoms with Crippen LogP contribution in [-0.4, -0.2) is 18.5 Å². The molecule has 0 aliphatic carbocycles. The largest absolute Gasteiger partial charge is 0.371 e. The predicted octanol–water partition coefficient (Wildman–Crippen LogP) is 2.67. The molecule has 1 aromatic heterocycles. The normalized spacial score (nSPS) is 12.7. The van der Waals surface area contributed by atoms with Crippen LogP contribution in [0.5, 0.6) is 0 Å². The summed E-state index contributed by atoms with van der Waals surface area (Å²) in [4.78, 5) is 11.5. The van der Waals surface area contributed by atoms with E-state index in [1.807, 2.05) is 19.2 Å². The number of carbonyl (C=O) groups is 1. The highest BCUT2D eigenvalue weighted by atomic mass is 32.1. The third kappa shape index (κ3) is 3.60. The second-order valence-corrected chi connectivity index (χ2v) is 3.98. The lowest BCUT2D eigenvalue weighted by Gasteiger charge is -2.09. The monoisotopic (exact) mass is 212 g/mol. The first kappa shape index (κ1) is 11.4. The van der Waals surface area contributed by atoms with E-state index in [0.29, 0.717) is 13.0 Å². The Hall–Kier alpha value is -0.670. The minimum atomic E-state index is -0.251. The minimum absolute atomic E-state index is 0.193. The Bertz CT molecular complexity index is 267. The van der Waals surface area contributed by atoms with Gasteiger partial charge in [0.25, 0.3) is 0 Å². The molecule has 14 heavy (non-hydrogen) atoms. The maximum Gasteiger partial charge on any atom is 0.161 e. The Kier molecular flexibility index (Phi) is 4.84. The highest BCUT2D eigenvalue weighted by Gasteiger charge is 2.12. The third-order valence-corrected chi connectivity index (χ3v) is 2.84. The van der Waals surface area contributed by atoms with Crippen LogP contribution in [0.4, 0.5) is 0 Å². The van der Waals surface area contributed by atoms with Crippen LogP contribution in [-0.2, 0) is 16.0 Å². The van der Waals surface area contributed by atoms with Crippen molar-refractivity contribution in [1.29, 1.82) is 0 Å². The first-order valence-corrected chi connectivity index (χ1v) is 5.83. The van der Waals surface area contributed by atoms with Gasteiger partial charge < -0.3 is 4.74 Å². The van der Waals surface area contributed by atoms with Crippen molar-refractivity contribution in [3.8, 4) is 0 Å². The lowest BCUT2D eigenvalue weighted by molar-refractivity contribution is -0.129. The Morgan fingerprint density at radius 3 is 3.00 bits per heavy atom. The fraction of sp³-hybridized carbons (Fsp3) is 0.545. The summed E-state index contributed by atoms with van der Waals surface area (Å²) in [5.74, 6) is 0.193. The van der Waals surface area contributed by atoms with E-state index in [2.05, 4.69) is 11.4 Å². The summed E-state index contributed by atoms with van der Waals surface area (Å²) < 4.78 is 5.23. The SMILES string of the molecule is CCOC(C)C(=O)CCc1ccsc1. The molecule has 0 aromatic carbocycles. The van der Waals surface area contributed by atoms with E-state index < -0.39 is 0 Å². The van der Waals surface area contributed by atoms with Crippen LogP contribution in [0.25, 0.3) is 0 Å². The summed E-state index contributed by atoms with van der Waals surface area (Å²) in [7, 11) is 0. The van der Waals surface area contributed by atoms with Gasteiger partial charge in [0.05, 0.1) is 0 Å². The predicted molar refractivity (Wildman–Crippen MR) is 58.7 cm³/mol. The Balaban J connectivity index is 2.27. The molecule has 78 valence electrons. The standard InChI is InChI=1S/C11H16O2S/c1-3-13-9(2)11(12)5-4-10-6-7-14-8-10/h6-9H,3-5H2,1-2H3. The molecule has 0 aliphatic heterocycles. The van der Waals surface area contributed by atoms with E-state index in [1.54, 1.807) is 11.3 Å². The zero-order valence-electron chi connectivity index (χ0n) is 8.66. The molecule has 1 heterocycles. The molecule has 0 N–H and O–H groups in total. The Morgan fingerprint density at radius 1 is 1.64 bits per heavy atom. The van der Waals surface area contributed by atoms with Crippen LogP contribution < -0.4 is 0 Å². The number of aryl methyl sites for hydroxylation is 1. The van der Waals surface area contributed by atoms with E-state index in [1.165, 1.54) is 5.56 Å². The van der Waals surface area contributed by atoms with Gasteiger partial charge in [-0.1, -0.05) is 0 Å². The first-order valence-electron chi connectivity index (χ1n) is 4.89. The van der Waals surface area contributed by atoms with Gasteiger partial charge in [-0.3, -0.25) is 4.79 Å².